The molecule has 4 rings (SSSR count). The number of aromatic hydroxyl groups is 1. The van der Waals surface area contributed by atoms with Gasteiger partial charge in [0.25, 0.3) is 0 Å². The number of rotatable bonds is 5. The third-order valence-corrected chi connectivity index (χ3v) is 6.96. The largest absolute Gasteiger partial charge is 0.504 e. The Morgan fingerprint density at radius 1 is 1.29 bits per heavy atom. The summed E-state index contributed by atoms with van der Waals surface area (Å²) in [6.07, 6.45) is 2.00. The first-order valence-corrected chi connectivity index (χ1v) is 11.3. The highest BCUT2D eigenvalue weighted by Gasteiger charge is 2.37. The number of allylic oxidation sites excluding steroid dienone is 3. The van der Waals surface area contributed by atoms with Crippen molar-refractivity contribution < 1.29 is 14.6 Å². The van der Waals surface area contributed by atoms with Gasteiger partial charge >= 0.3 is 0 Å². The summed E-state index contributed by atoms with van der Waals surface area (Å²) in [6, 6.07) is 14.9. The Morgan fingerprint density at radius 3 is 2.84 bits per heavy atom. The van der Waals surface area contributed by atoms with Crippen molar-refractivity contribution in [3.05, 3.63) is 80.5 Å². The van der Waals surface area contributed by atoms with E-state index in [2.05, 4.69) is 11.4 Å². The number of nitrogens with zero attached hydrogens (tertiary/aromatic N) is 1. The number of halogens is 1. The maximum absolute atomic E-state index is 12.9. The normalized spacial score (nSPS) is 18.4. The van der Waals surface area contributed by atoms with Gasteiger partial charge in [0.2, 0.25) is 0 Å². The first-order valence-electron chi connectivity index (χ1n) is 9.94. The average Bonchev–Trinajstić information content (AvgIpc) is 2.78. The van der Waals surface area contributed by atoms with Gasteiger partial charge in [0.05, 0.1) is 29.7 Å². The van der Waals surface area contributed by atoms with Crippen LogP contribution in [0.15, 0.2) is 64.3 Å². The SMILES string of the molecule is COc1cc([C@@H]2C(C#N)=C(SCc3ccccc3Cl)NC3=C2C(=O)CCC3)ccc1O. The smallest absolute Gasteiger partial charge is 0.161 e. The summed E-state index contributed by atoms with van der Waals surface area (Å²) in [5, 5.41) is 24.9. The molecule has 5 nitrogen and oxygen atoms in total. The highest BCUT2D eigenvalue weighted by molar-refractivity contribution is 8.02. The van der Waals surface area contributed by atoms with Crippen molar-refractivity contribution in [2.24, 2.45) is 0 Å². The highest BCUT2D eigenvalue weighted by atomic mass is 35.5. The molecule has 1 heterocycles. The second kappa shape index (κ2) is 9.09. The molecule has 1 aliphatic heterocycles. The Morgan fingerprint density at radius 2 is 2.10 bits per heavy atom. The summed E-state index contributed by atoms with van der Waals surface area (Å²) in [4.78, 5) is 12.9. The fourth-order valence-corrected chi connectivity index (χ4v) is 5.36. The van der Waals surface area contributed by atoms with Crippen LogP contribution in [0.2, 0.25) is 5.02 Å². The van der Waals surface area contributed by atoms with E-state index in [9.17, 15) is 15.2 Å². The topological polar surface area (TPSA) is 82.3 Å². The lowest BCUT2D eigenvalue weighted by Crippen LogP contribution is -2.31. The number of dihydropyridines is 1. The van der Waals surface area contributed by atoms with Crippen molar-refractivity contribution in [2.45, 2.75) is 30.9 Å². The van der Waals surface area contributed by atoms with E-state index < -0.39 is 5.92 Å². The summed E-state index contributed by atoms with van der Waals surface area (Å²) < 4.78 is 5.27. The maximum atomic E-state index is 12.9. The predicted octanol–water partition coefficient (Wildman–Crippen LogP) is 5.42. The molecule has 0 spiro atoms. The van der Waals surface area contributed by atoms with Crippen LogP contribution in [0, 0.1) is 11.3 Å². The van der Waals surface area contributed by atoms with Gasteiger partial charge < -0.3 is 15.2 Å². The number of thioether (sulfide) groups is 1. The number of Topliss-reactive ketones (excluding diaryl/α,β-unsaturated/α-hetero) is 1. The second-order valence-corrected chi connectivity index (χ2v) is 8.79. The summed E-state index contributed by atoms with van der Waals surface area (Å²) in [6.45, 7) is 0. The number of carbonyl (C=O) groups is 1. The molecule has 2 aliphatic rings. The fraction of sp³-hybridized carbons (Fsp3) is 0.250. The maximum Gasteiger partial charge on any atom is 0.161 e. The van der Waals surface area contributed by atoms with Crippen molar-refractivity contribution in [2.75, 3.05) is 7.11 Å². The molecule has 0 radical (unpaired) electrons. The monoisotopic (exact) mass is 452 g/mol. The van der Waals surface area contributed by atoms with E-state index in [1.54, 1.807) is 12.1 Å². The summed E-state index contributed by atoms with van der Waals surface area (Å²) in [5.41, 5.74) is 3.71. The number of nitrogens with one attached hydrogen (secondary N) is 1. The van der Waals surface area contributed by atoms with Gasteiger partial charge in [0, 0.05) is 28.5 Å². The number of benzene rings is 2. The second-order valence-electron chi connectivity index (χ2n) is 7.39. The zero-order chi connectivity index (χ0) is 22.0. The van der Waals surface area contributed by atoms with Crippen molar-refractivity contribution in [1.82, 2.24) is 5.32 Å². The number of hydrogen-bond acceptors (Lipinski definition) is 6. The number of phenols is 1. The van der Waals surface area contributed by atoms with Gasteiger partial charge in [-0.05, 0) is 42.2 Å². The minimum absolute atomic E-state index is 0.0140. The van der Waals surface area contributed by atoms with E-state index >= 15 is 0 Å². The Balaban J connectivity index is 1.78. The number of hydrogen-bond donors (Lipinski definition) is 2. The van der Waals surface area contributed by atoms with Gasteiger partial charge in [0.1, 0.15) is 0 Å². The number of ketones is 1. The average molecular weight is 453 g/mol. The lowest BCUT2D eigenvalue weighted by Gasteiger charge is -2.33. The van der Waals surface area contributed by atoms with Gasteiger partial charge in [-0.15, -0.1) is 11.8 Å². The lowest BCUT2D eigenvalue weighted by molar-refractivity contribution is -0.116. The molecule has 2 N–H and O–H groups in total. The third kappa shape index (κ3) is 4.16. The molecule has 2 aromatic rings. The Hall–Kier alpha value is -2.88. The van der Waals surface area contributed by atoms with E-state index in [0.29, 0.717) is 34.1 Å². The third-order valence-electron chi connectivity index (χ3n) is 5.53. The Labute approximate surface area is 190 Å². The van der Waals surface area contributed by atoms with Crippen LogP contribution in [-0.4, -0.2) is 18.0 Å². The minimum Gasteiger partial charge on any atom is -0.504 e. The van der Waals surface area contributed by atoms with Gasteiger partial charge in [-0.1, -0.05) is 35.9 Å². The molecule has 7 heteroatoms. The van der Waals surface area contributed by atoms with Crippen LogP contribution in [0.25, 0.3) is 0 Å². The fourth-order valence-electron chi connectivity index (χ4n) is 4.01. The zero-order valence-electron chi connectivity index (χ0n) is 16.9. The van der Waals surface area contributed by atoms with Crippen LogP contribution >= 0.6 is 23.4 Å². The minimum atomic E-state index is -0.503. The number of methoxy groups -OCH3 is 1. The van der Waals surface area contributed by atoms with Crippen LogP contribution in [0.5, 0.6) is 11.5 Å². The van der Waals surface area contributed by atoms with Gasteiger partial charge in [0.15, 0.2) is 17.3 Å². The van der Waals surface area contributed by atoms with E-state index in [-0.39, 0.29) is 11.5 Å². The summed E-state index contributed by atoms with van der Waals surface area (Å²) >= 11 is 7.81. The standard InChI is InChI=1S/C24H21ClN2O3S/c1-30-21-11-14(9-10-19(21)28)22-16(12-26)24(27-18-7-4-8-20(29)23(18)22)31-13-15-5-2-3-6-17(15)25/h2-3,5-6,9-11,22,27-28H,4,7-8,13H2,1H3/t22-/m1/s1. The van der Waals surface area contributed by atoms with Crippen molar-refractivity contribution in [1.29, 1.82) is 5.26 Å². The van der Waals surface area contributed by atoms with Crippen LogP contribution in [0.4, 0.5) is 0 Å². The zero-order valence-corrected chi connectivity index (χ0v) is 18.5. The van der Waals surface area contributed by atoms with E-state index in [1.807, 2.05) is 24.3 Å². The Bertz CT molecular complexity index is 1150. The summed E-state index contributed by atoms with van der Waals surface area (Å²) in [5.74, 6) is 0.463. The molecule has 31 heavy (non-hydrogen) atoms. The molecule has 0 unspecified atom stereocenters. The number of phenolic OH excluding ortho intramolecular Hbond substituents is 1. The van der Waals surface area contributed by atoms with E-state index in [0.717, 1.165) is 34.7 Å². The van der Waals surface area contributed by atoms with E-state index in [1.165, 1.54) is 24.9 Å². The molecular weight excluding hydrogens is 432 g/mol. The molecule has 0 saturated carbocycles. The number of nitriles is 1. The molecule has 158 valence electrons. The molecule has 0 aromatic heterocycles. The van der Waals surface area contributed by atoms with Crippen LogP contribution in [0.1, 0.15) is 36.3 Å². The van der Waals surface area contributed by atoms with Crippen molar-refractivity contribution in [3.63, 3.8) is 0 Å². The number of carbonyl (C=O) groups excluding carboxylic acids is 1. The van der Waals surface area contributed by atoms with Crippen LogP contribution < -0.4 is 10.1 Å². The molecule has 0 saturated heterocycles. The van der Waals surface area contributed by atoms with E-state index in [4.69, 9.17) is 16.3 Å². The van der Waals surface area contributed by atoms with Crippen molar-refractivity contribution in [3.8, 4) is 17.6 Å². The summed E-state index contributed by atoms with van der Waals surface area (Å²) in [7, 11) is 1.48. The quantitative estimate of drug-likeness (QED) is 0.630. The van der Waals surface area contributed by atoms with Crippen LogP contribution in [0.3, 0.4) is 0 Å². The first kappa shape index (κ1) is 21.4. The van der Waals surface area contributed by atoms with Crippen LogP contribution in [-0.2, 0) is 10.5 Å². The highest BCUT2D eigenvalue weighted by Crippen LogP contribution is 2.46. The molecule has 0 amide bonds. The lowest BCUT2D eigenvalue weighted by atomic mass is 9.77. The van der Waals surface area contributed by atoms with Gasteiger partial charge in [-0.3, -0.25) is 4.79 Å². The molecule has 2 aromatic carbocycles. The molecule has 0 fully saturated rings. The van der Waals surface area contributed by atoms with Gasteiger partial charge in [-0.25, -0.2) is 0 Å². The molecule has 1 aliphatic carbocycles. The van der Waals surface area contributed by atoms with Gasteiger partial charge in [-0.2, -0.15) is 5.26 Å². The Kier molecular flexibility index (Phi) is 6.26. The van der Waals surface area contributed by atoms with Crippen molar-refractivity contribution >= 4 is 29.1 Å². The molecule has 0 bridgehead atoms. The molecule has 1 atom stereocenters. The predicted molar refractivity (Wildman–Crippen MR) is 122 cm³/mol. The molecular formula is C24H21ClN2O3S. The first-order chi connectivity index (χ1) is 15.0. The number of ether oxygens (including phenoxy) is 1.